The lowest BCUT2D eigenvalue weighted by Crippen LogP contribution is -2.38. The molecule has 0 spiro atoms. The Hall–Kier alpha value is -2.89. The molecule has 1 atom stereocenters. The third kappa shape index (κ3) is 5.55. The van der Waals surface area contributed by atoms with E-state index in [4.69, 9.17) is 14.2 Å². The van der Waals surface area contributed by atoms with Crippen molar-refractivity contribution in [3.8, 4) is 17.2 Å². The van der Waals surface area contributed by atoms with E-state index in [1.807, 2.05) is 12.1 Å². The van der Waals surface area contributed by atoms with Crippen molar-refractivity contribution in [3.63, 3.8) is 0 Å². The Bertz CT molecular complexity index is 788. The SMILES string of the molecule is CN=C(NCc1cc(OC)c(OC)cc1OC)NCC(C)c1ccc(C)cc1. The Kier molecular flexibility index (Phi) is 7.99. The van der Waals surface area contributed by atoms with Crippen molar-refractivity contribution in [3.05, 3.63) is 53.1 Å². The van der Waals surface area contributed by atoms with Gasteiger partial charge in [0.2, 0.25) is 0 Å². The van der Waals surface area contributed by atoms with Crippen molar-refractivity contribution < 1.29 is 14.2 Å². The van der Waals surface area contributed by atoms with Crippen molar-refractivity contribution in [1.82, 2.24) is 10.6 Å². The second kappa shape index (κ2) is 10.4. The fraction of sp³-hybridized carbons (Fsp3) is 0.409. The summed E-state index contributed by atoms with van der Waals surface area (Å²) in [6.07, 6.45) is 0. The van der Waals surface area contributed by atoms with E-state index < -0.39 is 0 Å². The highest BCUT2D eigenvalue weighted by molar-refractivity contribution is 5.79. The van der Waals surface area contributed by atoms with Crippen molar-refractivity contribution in [2.75, 3.05) is 34.9 Å². The molecule has 2 aromatic carbocycles. The van der Waals surface area contributed by atoms with Gasteiger partial charge in [-0.25, -0.2) is 0 Å². The molecule has 0 radical (unpaired) electrons. The number of methoxy groups -OCH3 is 3. The maximum atomic E-state index is 5.48. The monoisotopic (exact) mass is 385 g/mol. The van der Waals surface area contributed by atoms with Crippen LogP contribution in [0.5, 0.6) is 17.2 Å². The summed E-state index contributed by atoms with van der Waals surface area (Å²) < 4.78 is 16.2. The number of ether oxygens (including phenoxy) is 3. The van der Waals surface area contributed by atoms with Gasteiger partial charge in [0.1, 0.15) is 5.75 Å². The molecule has 0 aromatic heterocycles. The van der Waals surface area contributed by atoms with Crippen LogP contribution >= 0.6 is 0 Å². The fourth-order valence-corrected chi connectivity index (χ4v) is 2.89. The molecule has 28 heavy (non-hydrogen) atoms. The van der Waals surface area contributed by atoms with Gasteiger partial charge in [-0.15, -0.1) is 0 Å². The zero-order valence-electron chi connectivity index (χ0n) is 17.6. The van der Waals surface area contributed by atoms with Gasteiger partial charge >= 0.3 is 0 Å². The first-order valence-electron chi connectivity index (χ1n) is 9.32. The third-order valence-electron chi connectivity index (χ3n) is 4.68. The van der Waals surface area contributed by atoms with Gasteiger partial charge in [0.05, 0.1) is 21.3 Å². The van der Waals surface area contributed by atoms with Crippen LogP contribution in [0, 0.1) is 6.92 Å². The minimum atomic E-state index is 0.370. The van der Waals surface area contributed by atoms with Crippen LogP contribution < -0.4 is 24.8 Å². The lowest BCUT2D eigenvalue weighted by atomic mass is 10.0. The first-order chi connectivity index (χ1) is 13.5. The second-order valence-corrected chi connectivity index (χ2v) is 6.64. The van der Waals surface area contributed by atoms with Crippen LogP contribution in [0.15, 0.2) is 41.4 Å². The van der Waals surface area contributed by atoms with Crippen molar-refractivity contribution in [2.24, 2.45) is 4.99 Å². The normalized spacial score (nSPS) is 12.3. The van der Waals surface area contributed by atoms with E-state index in [9.17, 15) is 0 Å². The molecule has 0 aliphatic carbocycles. The minimum Gasteiger partial charge on any atom is -0.496 e. The highest BCUT2D eigenvalue weighted by atomic mass is 16.5. The van der Waals surface area contributed by atoms with E-state index in [2.05, 4.69) is 53.7 Å². The molecule has 1 unspecified atom stereocenters. The Morgan fingerprint density at radius 3 is 2.11 bits per heavy atom. The van der Waals surface area contributed by atoms with Gasteiger partial charge in [0, 0.05) is 31.8 Å². The standard InChI is InChI=1S/C22H31N3O3/c1-15-7-9-17(10-8-15)16(2)13-24-22(23-3)25-14-18-11-20(27-5)21(28-6)12-19(18)26-4/h7-12,16H,13-14H2,1-6H3,(H2,23,24,25). The number of nitrogens with one attached hydrogen (secondary N) is 2. The molecule has 6 heteroatoms. The number of hydrogen-bond donors (Lipinski definition) is 2. The Morgan fingerprint density at radius 2 is 1.54 bits per heavy atom. The number of benzene rings is 2. The predicted octanol–water partition coefficient (Wildman–Crippen LogP) is 3.49. The van der Waals surface area contributed by atoms with Gasteiger partial charge < -0.3 is 24.8 Å². The summed E-state index contributed by atoms with van der Waals surface area (Å²) in [5.74, 6) is 3.13. The molecule has 0 heterocycles. The molecule has 0 saturated heterocycles. The molecule has 0 aliphatic rings. The summed E-state index contributed by atoms with van der Waals surface area (Å²) in [4.78, 5) is 4.31. The van der Waals surface area contributed by atoms with E-state index in [1.165, 1.54) is 11.1 Å². The van der Waals surface area contributed by atoms with E-state index >= 15 is 0 Å². The average Bonchev–Trinajstić information content (AvgIpc) is 2.73. The number of guanidine groups is 1. The van der Waals surface area contributed by atoms with Crippen LogP contribution in [0.1, 0.15) is 29.5 Å². The van der Waals surface area contributed by atoms with Crippen LogP contribution in [0.25, 0.3) is 0 Å². The van der Waals surface area contributed by atoms with Crippen LogP contribution in [0.3, 0.4) is 0 Å². The number of hydrogen-bond acceptors (Lipinski definition) is 4. The lowest BCUT2D eigenvalue weighted by molar-refractivity contribution is 0.347. The molecule has 152 valence electrons. The van der Waals surface area contributed by atoms with E-state index in [0.29, 0.717) is 24.0 Å². The molecule has 0 amide bonds. The van der Waals surface area contributed by atoms with E-state index in [-0.39, 0.29) is 0 Å². The molecular formula is C22H31N3O3. The lowest BCUT2D eigenvalue weighted by Gasteiger charge is -2.18. The number of aliphatic imine (C=N–C) groups is 1. The molecule has 2 aromatic rings. The minimum absolute atomic E-state index is 0.370. The van der Waals surface area contributed by atoms with Crippen molar-refractivity contribution in [1.29, 1.82) is 0 Å². The van der Waals surface area contributed by atoms with Crippen LogP contribution in [0.4, 0.5) is 0 Å². The summed E-state index contributed by atoms with van der Waals surface area (Å²) in [6.45, 7) is 5.62. The van der Waals surface area contributed by atoms with Crippen LogP contribution in [-0.4, -0.2) is 40.9 Å². The summed E-state index contributed by atoms with van der Waals surface area (Å²) >= 11 is 0. The maximum absolute atomic E-state index is 5.48. The Morgan fingerprint density at radius 1 is 0.929 bits per heavy atom. The first-order valence-corrected chi connectivity index (χ1v) is 9.32. The molecule has 0 fully saturated rings. The van der Waals surface area contributed by atoms with Gasteiger partial charge in [0.15, 0.2) is 17.5 Å². The number of aryl methyl sites for hydroxylation is 1. The average molecular weight is 386 g/mol. The Balaban J connectivity index is 1.99. The zero-order valence-corrected chi connectivity index (χ0v) is 17.6. The smallest absolute Gasteiger partial charge is 0.191 e. The third-order valence-corrected chi connectivity index (χ3v) is 4.68. The van der Waals surface area contributed by atoms with Gasteiger partial charge in [0.25, 0.3) is 0 Å². The first kappa shape index (κ1) is 21.4. The van der Waals surface area contributed by atoms with E-state index in [1.54, 1.807) is 28.4 Å². The Labute approximate surface area is 167 Å². The number of nitrogens with zero attached hydrogens (tertiary/aromatic N) is 1. The second-order valence-electron chi connectivity index (χ2n) is 6.64. The topological polar surface area (TPSA) is 64.1 Å². The summed E-state index contributed by atoms with van der Waals surface area (Å²) in [5.41, 5.74) is 3.52. The molecule has 2 N–H and O–H groups in total. The van der Waals surface area contributed by atoms with Gasteiger partial charge in [-0.3, -0.25) is 4.99 Å². The number of rotatable bonds is 8. The quantitative estimate of drug-likeness (QED) is 0.538. The summed E-state index contributed by atoms with van der Waals surface area (Å²) in [7, 11) is 6.63. The van der Waals surface area contributed by atoms with Gasteiger partial charge in [-0.05, 0) is 24.5 Å². The maximum Gasteiger partial charge on any atom is 0.191 e. The van der Waals surface area contributed by atoms with Gasteiger partial charge in [-0.1, -0.05) is 36.8 Å². The largest absolute Gasteiger partial charge is 0.496 e. The van der Waals surface area contributed by atoms with E-state index in [0.717, 1.165) is 23.8 Å². The molecule has 0 bridgehead atoms. The molecule has 0 aliphatic heterocycles. The van der Waals surface area contributed by atoms with Crippen molar-refractivity contribution in [2.45, 2.75) is 26.3 Å². The molecule has 0 saturated carbocycles. The highest BCUT2D eigenvalue weighted by Crippen LogP contribution is 2.34. The summed E-state index contributed by atoms with van der Waals surface area (Å²) in [6, 6.07) is 12.4. The predicted molar refractivity (Wildman–Crippen MR) is 114 cm³/mol. The summed E-state index contributed by atoms with van der Waals surface area (Å²) in [5, 5.41) is 6.71. The van der Waals surface area contributed by atoms with Crippen LogP contribution in [-0.2, 0) is 6.54 Å². The molecule has 2 rings (SSSR count). The van der Waals surface area contributed by atoms with Gasteiger partial charge in [-0.2, -0.15) is 0 Å². The molecule has 6 nitrogen and oxygen atoms in total. The molecular weight excluding hydrogens is 354 g/mol. The van der Waals surface area contributed by atoms with Crippen LogP contribution in [0.2, 0.25) is 0 Å². The van der Waals surface area contributed by atoms with Crippen molar-refractivity contribution >= 4 is 5.96 Å². The zero-order chi connectivity index (χ0) is 20.5. The fourth-order valence-electron chi connectivity index (χ4n) is 2.89. The highest BCUT2D eigenvalue weighted by Gasteiger charge is 2.13.